The fraction of sp³-hybridized carbons (Fsp3) is 0.375. The molecular weight excluding hydrogens is 442 g/mol. The number of fused-ring (bicyclic) bond motifs is 5. The third-order valence-corrected chi connectivity index (χ3v) is 7.86. The van der Waals surface area contributed by atoms with Gasteiger partial charge in [-0.1, -0.05) is 18.2 Å². The number of rotatable bonds is 4. The fourth-order valence-corrected chi connectivity index (χ4v) is 6.37. The van der Waals surface area contributed by atoms with Crippen LogP contribution >= 0.6 is 11.8 Å². The second-order valence-corrected chi connectivity index (χ2v) is 9.81. The average molecular weight is 467 g/mol. The first-order chi connectivity index (χ1) is 16.1. The van der Waals surface area contributed by atoms with Gasteiger partial charge in [0.05, 0.1) is 11.4 Å². The minimum atomic E-state index is -1.14. The molecule has 2 aromatic carbocycles. The molecule has 4 aliphatic heterocycles. The molecule has 9 heteroatoms. The molecular formula is C24H24N3O5S+. The molecule has 2 fully saturated rings. The number of anilines is 2. The first-order valence-corrected chi connectivity index (χ1v) is 12.5. The lowest BCUT2D eigenvalue weighted by Crippen LogP contribution is -2.99. The molecule has 33 heavy (non-hydrogen) atoms. The molecule has 0 saturated carbocycles. The highest BCUT2D eigenvalue weighted by Gasteiger charge is 2.74. The number of nitrogens with two attached hydrogens (primary N) is 1. The number of carbonyl (C=O) groups is 3. The summed E-state index contributed by atoms with van der Waals surface area (Å²) in [4.78, 5) is 42.4. The van der Waals surface area contributed by atoms with Gasteiger partial charge in [-0.2, -0.15) is 11.8 Å². The van der Waals surface area contributed by atoms with Gasteiger partial charge in [-0.25, -0.2) is 4.90 Å². The van der Waals surface area contributed by atoms with Crippen molar-refractivity contribution in [2.24, 2.45) is 11.8 Å². The Morgan fingerprint density at radius 3 is 2.70 bits per heavy atom. The number of thioether (sulfide) groups is 1. The number of hydrogen-bond acceptors (Lipinski definition) is 6. The molecule has 1 spiro atoms. The standard InChI is InChI=1S/C24H23N3O5S/c1-33-11-8-16-19-20(24(26-16)14-4-2-3-5-15(14)25-23(24)30)22(29)27(21(19)28)13-6-7-17-18(12-13)32-10-9-31-17/h2-7,12,16,19-20,26H,8-11H2,1H3,(H,25,30)/p+1/t16-,19-,20-,24+/m1/s1. The average Bonchev–Trinajstić information content (AvgIpc) is 3.42. The third kappa shape index (κ3) is 2.78. The maximum absolute atomic E-state index is 13.9. The normalized spacial score (nSPS) is 29.4. The van der Waals surface area contributed by atoms with Gasteiger partial charge in [0, 0.05) is 18.1 Å². The summed E-state index contributed by atoms with van der Waals surface area (Å²) in [5.74, 6) is -0.208. The van der Waals surface area contributed by atoms with Crippen LogP contribution in [0.1, 0.15) is 12.0 Å². The zero-order chi connectivity index (χ0) is 22.7. The monoisotopic (exact) mass is 466 g/mol. The number of nitrogens with one attached hydrogen (secondary N) is 1. The molecule has 4 aliphatic rings. The molecule has 3 amide bonds. The first-order valence-electron chi connectivity index (χ1n) is 11.1. The van der Waals surface area contributed by atoms with Crippen molar-refractivity contribution < 1.29 is 29.2 Å². The van der Waals surface area contributed by atoms with Crippen molar-refractivity contribution >= 4 is 40.9 Å². The molecule has 2 aromatic rings. The van der Waals surface area contributed by atoms with Crippen LogP contribution in [0.5, 0.6) is 11.5 Å². The van der Waals surface area contributed by atoms with Crippen LogP contribution < -0.4 is 25.0 Å². The van der Waals surface area contributed by atoms with Crippen molar-refractivity contribution in [3.63, 3.8) is 0 Å². The van der Waals surface area contributed by atoms with E-state index in [2.05, 4.69) is 5.32 Å². The number of amides is 3. The molecule has 170 valence electrons. The summed E-state index contributed by atoms with van der Waals surface area (Å²) in [6.45, 7) is 0.872. The highest BCUT2D eigenvalue weighted by molar-refractivity contribution is 7.98. The number of nitrogens with zero attached hydrogens (tertiary/aromatic N) is 1. The Morgan fingerprint density at radius 2 is 1.88 bits per heavy atom. The van der Waals surface area contributed by atoms with Gasteiger partial charge in [-0.3, -0.25) is 14.4 Å². The van der Waals surface area contributed by atoms with Gasteiger partial charge in [-0.05, 0) is 30.2 Å². The summed E-state index contributed by atoms with van der Waals surface area (Å²) < 4.78 is 11.3. The second kappa shape index (κ2) is 7.50. The molecule has 4 atom stereocenters. The first kappa shape index (κ1) is 20.6. The second-order valence-electron chi connectivity index (χ2n) is 8.82. The largest absolute Gasteiger partial charge is 0.486 e. The molecule has 0 aromatic heterocycles. The number of quaternary nitrogens is 1. The summed E-state index contributed by atoms with van der Waals surface area (Å²) in [6, 6.07) is 12.4. The Bertz CT molecular complexity index is 1190. The maximum atomic E-state index is 13.9. The van der Waals surface area contributed by atoms with Gasteiger partial charge in [0.1, 0.15) is 31.1 Å². The van der Waals surface area contributed by atoms with E-state index in [9.17, 15) is 14.4 Å². The Morgan fingerprint density at radius 1 is 1.09 bits per heavy atom. The Balaban J connectivity index is 1.46. The third-order valence-electron chi connectivity index (χ3n) is 7.22. The molecule has 0 radical (unpaired) electrons. The van der Waals surface area contributed by atoms with E-state index in [0.29, 0.717) is 36.1 Å². The SMILES string of the molecule is CSCC[C@H]1[NH2+][C@]2(C(=O)Nc3ccccc32)[C@H]2C(=O)N(c3ccc4c(c3)OCCO4)C(=O)[C@H]12. The molecule has 0 unspecified atom stereocenters. The number of carbonyl (C=O) groups excluding carboxylic acids is 3. The Kier molecular flexibility index (Phi) is 4.67. The van der Waals surface area contributed by atoms with E-state index >= 15 is 0 Å². The maximum Gasteiger partial charge on any atom is 0.291 e. The summed E-state index contributed by atoms with van der Waals surface area (Å²) in [7, 11) is 0. The number of ether oxygens (including phenoxy) is 2. The zero-order valence-electron chi connectivity index (χ0n) is 18.1. The van der Waals surface area contributed by atoms with E-state index in [-0.39, 0.29) is 23.8 Å². The lowest BCUT2D eigenvalue weighted by atomic mass is 9.76. The van der Waals surface area contributed by atoms with E-state index in [1.165, 1.54) is 4.90 Å². The van der Waals surface area contributed by atoms with Crippen LogP contribution in [0.4, 0.5) is 11.4 Å². The molecule has 2 saturated heterocycles. The quantitative estimate of drug-likeness (QED) is 0.655. The lowest BCUT2D eigenvalue weighted by molar-refractivity contribution is -0.733. The van der Waals surface area contributed by atoms with Crippen molar-refractivity contribution in [2.45, 2.75) is 18.0 Å². The Labute approximate surface area is 195 Å². The van der Waals surface area contributed by atoms with Gasteiger partial charge < -0.3 is 20.1 Å². The highest BCUT2D eigenvalue weighted by atomic mass is 32.2. The van der Waals surface area contributed by atoms with Crippen LogP contribution in [0.25, 0.3) is 0 Å². The van der Waals surface area contributed by atoms with E-state index in [1.54, 1.807) is 30.0 Å². The van der Waals surface area contributed by atoms with Crippen molar-refractivity contribution in [3.05, 3.63) is 48.0 Å². The van der Waals surface area contributed by atoms with Crippen molar-refractivity contribution in [3.8, 4) is 11.5 Å². The summed E-state index contributed by atoms with van der Waals surface area (Å²) in [6.07, 6.45) is 2.75. The van der Waals surface area contributed by atoms with E-state index in [1.807, 2.05) is 35.8 Å². The number of hydrogen-bond donors (Lipinski definition) is 2. The van der Waals surface area contributed by atoms with Crippen LogP contribution in [-0.4, -0.2) is 49.0 Å². The van der Waals surface area contributed by atoms with Gasteiger partial charge in [-0.15, -0.1) is 0 Å². The van der Waals surface area contributed by atoms with Crippen molar-refractivity contribution in [1.29, 1.82) is 0 Å². The Hall–Kier alpha value is -3.04. The summed E-state index contributed by atoms with van der Waals surface area (Å²) >= 11 is 1.69. The van der Waals surface area contributed by atoms with Gasteiger partial charge in [0.15, 0.2) is 11.5 Å². The van der Waals surface area contributed by atoms with Crippen LogP contribution in [0.2, 0.25) is 0 Å². The van der Waals surface area contributed by atoms with Gasteiger partial charge in [0.2, 0.25) is 17.4 Å². The van der Waals surface area contributed by atoms with Crippen LogP contribution in [0.15, 0.2) is 42.5 Å². The van der Waals surface area contributed by atoms with Crippen LogP contribution in [-0.2, 0) is 19.9 Å². The number of benzene rings is 2. The molecule has 0 aliphatic carbocycles. The smallest absolute Gasteiger partial charge is 0.291 e. The predicted octanol–water partition coefficient (Wildman–Crippen LogP) is 1.11. The topological polar surface area (TPSA) is 102 Å². The van der Waals surface area contributed by atoms with Crippen LogP contribution in [0, 0.1) is 11.8 Å². The van der Waals surface area contributed by atoms with E-state index in [4.69, 9.17) is 9.47 Å². The van der Waals surface area contributed by atoms with Crippen molar-refractivity contribution in [2.75, 3.05) is 35.4 Å². The van der Waals surface area contributed by atoms with E-state index < -0.39 is 17.4 Å². The minimum Gasteiger partial charge on any atom is -0.486 e. The fourth-order valence-electron chi connectivity index (χ4n) is 5.86. The number of para-hydroxylation sites is 1. The van der Waals surface area contributed by atoms with Gasteiger partial charge >= 0.3 is 0 Å². The highest BCUT2D eigenvalue weighted by Crippen LogP contribution is 2.50. The molecule has 3 N–H and O–H groups in total. The lowest BCUT2D eigenvalue weighted by Gasteiger charge is -2.27. The molecule has 0 bridgehead atoms. The molecule has 6 rings (SSSR count). The minimum absolute atomic E-state index is 0.169. The van der Waals surface area contributed by atoms with Gasteiger partial charge in [0.25, 0.3) is 5.91 Å². The van der Waals surface area contributed by atoms with Crippen LogP contribution in [0.3, 0.4) is 0 Å². The van der Waals surface area contributed by atoms with Crippen molar-refractivity contribution in [1.82, 2.24) is 0 Å². The predicted molar refractivity (Wildman–Crippen MR) is 122 cm³/mol. The number of imide groups is 1. The summed E-state index contributed by atoms with van der Waals surface area (Å²) in [5, 5.41) is 4.94. The van der Waals surface area contributed by atoms with E-state index in [0.717, 1.165) is 17.7 Å². The zero-order valence-corrected chi connectivity index (χ0v) is 18.9. The summed E-state index contributed by atoms with van der Waals surface area (Å²) in [5.41, 5.74) is 0.802. The molecule has 4 heterocycles. The molecule has 8 nitrogen and oxygen atoms in total.